The largest absolute Gasteiger partial charge is 0.324 e. The lowest BCUT2D eigenvalue weighted by Crippen LogP contribution is -2.11. The SMILES string of the molecule is CC(C)OP(C)(=O)C1=CC(N)CC1. The molecule has 3 nitrogen and oxygen atoms in total. The summed E-state index contributed by atoms with van der Waals surface area (Å²) in [6.45, 7) is 5.47. The van der Waals surface area contributed by atoms with Crippen LogP contribution in [0, 0.1) is 0 Å². The molecule has 0 saturated heterocycles. The summed E-state index contributed by atoms with van der Waals surface area (Å²) in [7, 11) is -2.55. The van der Waals surface area contributed by atoms with Gasteiger partial charge in [-0.25, -0.2) is 0 Å². The maximum absolute atomic E-state index is 12.0. The first-order chi connectivity index (χ1) is 5.92. The van der Waals surface area contributed by atoms with Gasteiger partial charge in [0.1, 0.15) is 0 Å². The predicted octanol–water partition coefficient (Wildman–Crippen LogP) is 2.32. The van der Waals surface area contributed by atoms with E-state index in [0.717, 1.165) is 18.2 Å². The molecule has 76 valence electrons. The van der Waals surface area contributed by atoms with Crippen LogP contribution in [0.15, 0.2) is 11.4 Å². The van der Waals surface area contributed by atoms with E-state index in [2.05, 4.69) is 0 Å². The third-order valence-corrected chi connectivity index (χ3v) is 4.31. The molecule has 1 aliphatic rings. The highest BCUT2D eigenvalue weighted by molar-refractivity contribution is 7.62. The van der Waals surface area contributed by atoms with Gasteiger partial charge in [0, 0.05) is 18.0 Å². The van der Waals surface area contributed by atoms with Gasteiger partial charge in [-0.15, -0.1) is 0 Å². The minimum absolute atomic E-state index is 0.00792. The summed E-state index contributed by atoms with van der Waals surface area (Å²) in [4.78, 5) is 0. The number of rotatable bonds is 3. The second-order valence-electron chi connectivity index (χ2n) is 3.86. The summed E-state index contributed by atoms with van der Waals surface area (Å²) in [6, 6.07) is 0.0686. The Labute approximate surface area is 79.8 Å². The molecule has 0 aromatic heterocycles. The highest BCUT2D eigenvalue weighted by Gasteiger charge is 2.27. The average molecular weight is 203 g/mol. The summed E-state index contributed by atoms with van der Waals surface area (Å²) in [6.07, 6.45) is 3.62. The highest BCUT2D eigenvalue weighted by Crippen LogP contribution is 2.55. The van der Waals surface area contributed by atoms with Gasteiger partial charge in [0.25, 0.3) is 0 Å². The molecule has 0 aromatic rings. The summed E-state index contributed by atoms with van der Waals surface area (Å²) < 4.78 is 17.4. The Morgan fingerprint density at radius 3 is 2.69 bits per heavy atom. The molecule has 1 aliphatic carbocycles. The molecule has 13 heavy (non-hydrogen) atoms. The van der Waals surface area contributed by atoms with E-state index in [4.69, 9.17) is 10.3 Å². The molecular formula is C9H18NO2P. The fourth-order valence-electron chi connectivity index (χ4n) is 1.54. The first-order valence-electron chi connectivity index (χ1n) is 4.64. The van der Waals surface area contributed by atoms with Crippen molar-refractivity contribution in [2.24, 2.45) is 5.73 Å². The van der Waals surface area contributed by atoms with Crippen molar-refractivity contribution in [1.82, 2.24) is 0 Å². The van der Waals surface area contributed by atoms with Crippen LogP contribution in [-0.2, 0) is 9.09 Å². The van der Waals surface area contributed by atoms with E-state index in [1.54, 1.807) is 6.66 Å². The van der Waals surface area contributed by atoms with Crippen LogP contribution >= 0.6 is 7.37 Å². The Kier molecular flexibility index (Phi) is 3.33. The van der Waals surface area contributed by atoms with Crippen molar-refractivity contribution >= 4 is 7.37 Å². The zero-order valence-electron chi connectivity index (χ0n) is 8.49. The molecule has 0 bridgehead atoms. The van der Waals surface area contributed by atoms with Crippen LogP contribution in [0.4, 0.5) is 0 Å². The molecule has 2 unspecified atom stereocenters. The highest BCUT2D eigenvalue weighted by atomic mass is 31.2. The third-order valence-electron chi connectivity index (χ3n) is 2.07. The first kappa shape index (κ1) is 11.0. The minimum atomic E-state index is -2.55. The Morgan fingerprint density at radius 1 is 1.69 bits per heavy atom. The summed E-state index contributed by atoms with van der Waals surface area (Å²) in [5, 5.41) is 0.911. The van der Waals surface area contributed by atoms with Crippen LogP contribution in [0.5, 0.6) is 0 Å². The Hall–Kier alpha value is -0.110. The van der Waals surface area contributed by atoms with Crippen LogP contribution in [0.3, 0.4) is 0 Å². The maximum atomic E-state index is 12.0. The van der Waals surface area contributed by atoms with Crippen molar-refractivity contribution < 1.29 is 9.09 Å². The molecule has 0 fully saturated rings. The fourth-order valence-corrected chi connectivity index (χ4v) is 3.47. The second-order valence-corrected chi connectivity index (χ2v) is 6.34. The number of nitrogens with two attached hydrogens (primary N) is 1. The van der Waals surface area contributed by atoms with E-state index in [9.17, 15) is 4.57 Å². The summed E-state index contributed by atoms with van der Waals surface area (Å²) in [5.41, 5.74) is 5.70. The zero-order valence-corrected chi connectivity index (χ0v) is 9.38. The predicted molar refractivity (Wildman–Crippen MR) is 55.0 cm³/mol. The Balaban J connectivity index is 2.70. The quantitative estimate of drug-likeness (QED) is 0.716. The number of hydrogen-bond donors (Lipinski definition) is 1. The van der Waals surface area contributed by atoms with Crippen molar-refractivity contribution in [2.75, 3.05) is 6.66 Å². The van der Waals surface area contributed by atoms with E-state index in [1.807, 2.05) is 19.9 Å². The molecule has 0 radical (unpaired) electrons. The van der Waals surface area contributed by atoms with Crippen LogP contribution in [0.2, 0.25) is 0 Å². The topological polar surface area (TPSA) is 52.3 Å². The Bertz CT molecular complexity index is 260. The van der Waals surface area contributed by atoms with Crippen molar-refractivity contribution in [3.63, 3.8) is 0 Å². The molecule has 0 aromatic carbocycles. The first-order valence-corrected chi connectivity index (χ1v) is 6.72. The van der Waals surface area contributed by atoms with Crippen molar-refractivity contribution in [1.29, 1.82) is 0 Å². The monoisotopic (exact) mass is 203 g/mol. The molecule has 0 saturated carbocycles. The summed E-state index contributed by atoms with van der Waals surface area (Å²) in [5.74, 6) is 0. The number of allylic oxidation sites excluding steroid dienone is 1. The average Bonchev–Trinajstić information content (AvgIpc) is 2.32. The normalized spacial score (nSPS) is 27.5. The maximum Gasteiger partial charge on any atom is 0.225 e. The van der Waals surface area contributed by atoms with Crippen molar-refractivity contribution in [2.45, 2.75) is 38.8 Å². The molecule has 1 rings (SSSR count). The Morgan fingerprint density at radius 2 is 2.31 bits per heavy atom. The van der Waals surface area contributed by atoms with Crippen LogP contribution in [0.1, 0.15) is 26.7 Å². The molecule has 0 spiro atoms. The van der Waals surface area contributed by atoms with Gasteiger partial charge < -0.3 is 10.3 Å². The molecule has 2 N–H and O–H groups in total. The smallest absolute Gasteiger partial charge is 0.225 e. The number of hydrogen-bond acceptors (Lipinski definition) is 3. The van der Waals surface area contributed by atoms with E-state index in [-0.39, 0.29) is 12.1 Å². The van der Waals surface area contributed by atoms with Gasteiger partial charge in [-0.1, -0.05) is 6.08 Å². The lowest BCUT2D eigenvalue weighted by atomic mass is 10.3. The summed E-state index contributed by atoms with van der Waals surface area (Å²) >= 11 is 0. The van der Waals surface area contributed by atoms with E-state index >= 15 is 0 Å². The van der Waals surface area contributed by atoms with Gasteiger partial charge in [-0.05, 0) is 26.7 Å². The standard InChI is InChI=1S/C9H18NO2P/c1-7(2)12-13(3,11)9-5-4-8(10)6-9/h6-8H,4-5,10H2,1-3H3. The lowest BCUT2D eigenvalue weighted by molar-refractivity contribution is 0.249. The van der Waals surface area contributed by atoms with E-state index < -0.39 is 7.37 Å². The van der Waals surface area contributed by atoms with Gasteiger partial charge in [-0.3, -0.25) is 4.57 Å². The van der Waals surface area contributed by atoms with Crippen molar-refractivity contribution in [3.8, 4) is 0 Å². The molecule has 4 heteroatoms. The van der Waals surface area contributed by atoms with Gasteiger partial charge in [0.15, 0.2) is 0 Å². The van der Waals surface area contributed by atoms with Gasteiger partial charge in [0.05, 0.1) is 6.10 Å². The molecular weight excluding hydrogens is 185 g/mol. The van der Waals surface area contributed by atoms with Crippen LogP contribution in [0.25, 0.3) is 0 Å². The zero-order chi connectivity index (χ0) is 10.1. The van der Waals surface area contributed by atoms with Crippen LogP contribution in [-0.4, -0.2) is 18.8 Å². The van der Waals surface area contributed by atoms with Gasteiger partial charge in [0.2, 0.25) is 7.37 Å². The molecule has 0 heterocycles. The van der Waals surface area contributed by atoms with Gasteiger partial charge >= 0.3 is 0 Å². The molecule has 0 amide bonds. The van der Waals surface area contributed by atoms with Crippen molar-refractivity contribution in [3.05, 3.63) is 11.4 Å². The molecule has 0 aliphatic heterocycles. The lowest BCUT2D eigenvalue weighted by Gasteiger charge is -2.17. The second kappa shape index (κ2) is 3.95. The molecule has 2 atom stereocenters. The third kappa shape index (κ3) is 2.94. The fraction of sp³-hybridized carbons (Fsp3) is 0.778. The van der Waals surface area contributed by atoms with Gasteiger partial charge in [-0.2, -0.15) is 0 Å². The van der Waals surface area contributed by atoms with E-state index in [1.165, 1.54) is 0 Å². The minimum Gasteiger partial charge on any atom is -0.324 e. The van der Waals surface area contributed by atoms with E-state index in [0.29, 0.717) is 0 Å². The van der Waals surface area contributed by atoms with Crippen LogP contribution < -0.4 is 5.73 Å².